The lowest BCUT2D eigenvalue weighted by atomic mass is 9.56. The molecule has 3 aliphatic heterocycles. The number of methoxy groups -OCH3 is 1. The SMILES string of the molecule is CCC1CC2CN3CCc4c(n(C(=O)OC)c5ccc(O)cc45)[C@](C(=O)O)(C2)C13. The van der Waals surface area contributed by atoms with Crippen LogP contribution in [0.3, 0.4) is 0 Å². The van der Waals surface area contributed by atoms with Crippen LogP contribution >= 0.6 is 0 Å². The van der Waals surface area contributed by atoms with Gasteiger partial charge in [-0.3, -0.25) is 9.69 Å². The molecule has 4 aliphatic rings. The fraction of sp³-hybridized carbons (Fsp3) is 0.545. The van der Waals surface area contributed by atoms with Gasteiger partial charge in [0.2, 0.25) is 0 Å². The third-order valence-corrected chi connectivity index (χ3v) is 7.47. The molecule has 0 radical (unpaired) electrons. The quantitative estimate of drug-likeness (QED) is 0.808. The average molecular weight is 398 g/mol. The predicted molar refractivity (Wildman–Crippen MR) is 106 cm³/mol. The van der Waals surface area contributed by atoms with E-state index in [0.717, 1.165) is 36.9 Å². The maximum Gasteiger partial charge on any atom is 0.418 e. The highest BCUT2D eigenvalue weighted by Crippen LogP contribution is 2.55. The number of ether oxygens (including phenoxy) is 1. The lowest BCUT2D eigenvalue weighted by Gasteiger charge is -2.57. The summed E-state index contributed by atoms with van der Waals surface area (Å²) in [5, 5.41) is 21.5. The Morgan fingerprint density at radius 1 is 1.34 bits per heavy atom. The second-order valence-corrected chi connectivity index (χ2v) is 8.77. The topological polar surface area (TPSA) is 92.0 Å². The maximum absolute atomic E-state index is 13.0. The number of rotatable bonds is 2. The average Bonchev–Trinajstić information content (AvgIpc) is 2.99. The Kier molecular flexibility index (Phi) is 3.97. The molecule has 6 rings (SSSR count). The molecule has 5 atom stereocenters. The van der Waals surface area contributed by atoms with Gasteiger partial charge in [0.15, 0.2) is 0 Å². The zero-order valence-corrected chi connectivity index (χ0v) is 16.7. The number of phenols is 1. The number of aromatic hydroxyl groups is 1. The molecule has 3 fully saturated rings. The van der Waals surface area contributed by atoms with Gasteiger partial charge in [0.25, 0.3) is 0 Å². The molecule has 154 valence electrons. The highest BCUT2D eigenvalue weighted by Gasteiger charge is 2.63. The molecule has 4 unspecified atom stereocenters. The number of piperidine rings is 2. The molecule has 0 spiro atoms. The van der Waals surface area contributed by atoms with Crippen molar-refractivity contribution in [2.24, 2.45) is 11.8 Å². The molecule has 4 bridgehead atoms. The fourth-order valence-corrected chi connectivity index (χ4v) is 6.59. The normalized spacial score (nSPS) is 32.6. The van der Waals surface area contributed by atoms with Crippen LogP contribution in [0.4, 0.5) is 4.79 Å². The molecular weight excluding hydrogens is 372 g/mol. The van der Waals surface area contributed by atoms with Gasteiger partial charge in [0, 0.05) is 24.5 Å². The van der Waals surface area contributed by atoms with Gasteiger partial charge in [-0.05, 0) is 54.9 Å². The monoisotopic (exact) mass is 398 g/mol. The summed E-state index contributed by atoms with van der Waals surface area (Å²) in [7, 11) is 1.32. The lowest BCUT2D eigenvalue weighted by Crippen LogP contribution is -2.67. The number of carboxylic acid groups (broad SMARTS) is 1. The van der Waals surface area contributed by atoms with Crippen molar-refractivity contribution in [1.82, 2.24) is 9.47 Å². The van der Waals surface area contributed by atoms with Crippen molar-refractivity contribution in [3.8, 4) is 5.75 Å². The summed E-state index contributed by atoms with van der Waals surface area (Å²) in [6.07, 6.45) is 2.56. The number of hydrogen-bond donors (Lipinski definition) is 2. The summed E-state index contributed by atoms with van der Waals surface area (Å²) in [5.74, 6) is -0.186. The number of benzene rings is 1. The Morgan fingerprint density at radius 2 is 2.14 bits per heavy atom. The summed E-state index contributed by atoms with van der Waals surface area (Å²) in [5.41, 5.74) is 0.862. The van der Waals surface area contributed by atoms with E-state index in [4.69, 9.17) is 4.74 Å². The van der Waals surface area contributed by atoms with E-state index < -0.39 is 17.5 Å². The number of aliphatic carboxylic acids is 1. The van der Waals surface area contributed by atoms with Gasteiger partial charge in [0.05, 0.1) is 18.3 Å². The Bertz CT molecular complexity index is 1030. The summed E-state index contributed by atoms with van der Waals surface area (Å²) in [6, 6.07) is 4.71. The minimum absolute atomic E-state index is 0.104. The second-order valence-electron chi connectivity index (χ2n) is 8.77. The number of hydrogen-bond acceptors (Lipinski definition) is 5. The van der Waals surface area contributed by atoms with Crippen LogP contribution < -0.4 is 0 Å². The van der Waals surface area contributed by atoms with E-state index >= 15 is 0 Å². The highest BCUT2D eigenvalue weighted by molar-refractivity contribution is 5.98. The molecule has 7 nitrogen and oxygen atoms in total. The van der Waals surface area contributed by atoms with Crippen LogP contribution in [0.1, 0.15) is 37.4 Å². The van der Waals surface area contributed by atoms with Gasteiger partial charge in [-0.25, -0.2) is 9.36 Å². The van der Waals surface area contributed by atoms with Gasteiger partial charge >= 0.3 is 12.1 Å². The number of carboxylic acids is 1. The number of fused-ring (bicyclic) bond motifs is 4. The van der Waals surface area contributed by atoms with Crippen LogP contribution in [0, 0.1) is 11.8 Å². The van der Waals surface area contributed by atoms with Gasteiger partial charge in [-0.1, -0.05) is 13.3 Å². The van der Waals surface area contributed by atoms with Crippen molar-refractivity contribution in [3.05, 3.63) is 29.5 Å². The van der Waals surface area contributed by atoms with E-state index in [-0.39, 0.29) is 17.7 Å². The summed E-state index contributed by atoms with van der Waals surface area (Å²) in [4.78, 5) is 28.3. The first-order valence-electron chi connectivity index (χ1n) is 10.3. The number of carbonyl (C=O) groups excluding carboxylic acids is 1. The fourth-order valence-electron chi connectivity index (χ4n) is 6.59. The minimum atomic E-state index is -1.16. The maximum atomic E-state index is 13.0. The third kappa shape index (κ3) is 2.28. The summed E-state index contributed by atoms with van der Waals surface area (Å²) < 4.78 is 6.56. The molecular formula is C22H26N2O5. The Balaban J connectivity index is 1.90. The van der Waals surface area contributed by atoms with Crippen molar-refractivity contribution in [1.29, 1.82) is 0 Å². The second kappa shape index (κ2) is 6.23. The molecule has 2 N–H and O–H groups in total. The molecule has 0 amide bonds. The van der Waals surface area contributed by atoms with E-state index in [1.165, 1.54) is 17.7 Å². The smallest absolute Gasteiger partial charge is 0.418 e. The molecule has 2 saturated heterocycles. The molecule has 7 heteroatoms. The molecule has 2 aromatic rings. The predicted octanol–water partition coefficient (Wildman–Crippen LogP) is 2.96. The van der Waals surface area contributed by atoms with Gasteiger partial charge in [-0.15, -0.1) is 0 Å². The van der Waals surface area contributed by atoms with Crippen LogP contribution in [-0.2, 0) is 21.4 Å². The Labute approximate surface area is 168 Å². The molecule has 1 aromatic carbocycles. The molecule has 1 aliphatic carbocycles. The molecule has 1 aromatic heterocycles. The number of phenolic OH excluding ortho intramolecular Hbond substituents is 1. The van der Waals surface area contributed by atoms with Crippen LogP contribution in [0.15, 0.2) is 18.2 Å². The number of aromatic nitrogens is 1. The third-order valence-electron chi connectivity index (χ3n) is 7.47. The summed E-state index contributed by atoms with van der Waals surface area (Å²) >= 11 is 0. The van der Waals surface area contributed by atoms with Crippen molar-refractivity contribution >= 4 is 23.0 Å². The summed E-state index contributed by atoms with van der Waals surface area (Å²) in [6.45, 7) is 3.81. The van der Waals surface area contributed by atoms with E-state index in [2.05, 4.69) is 11.8 Å². The van der Waals surface area contributed by atoms with Crippen molar-refractivity contribution < 1.29 is 24.5 Å². The van der Waals surface area contributed by atoms with Crippen LogP contribution in [0.5, 0.6) is 5.75 Å². The Hall–Kier alpha value is -2.54. The molecule has 29 heavy (non-hydrogen) atoms. The first-order valence-corrected chi connectivity index (χ1v) is 10.3. The standard InChI is InChI=1S/C22H26N2O5/c1-3-13-8-12-10-22(20(26)27)18(13)23(11-12)7-6-15-16-9-14(25)4-5-17(16)24(19(15)22)21(28)29-2/h4-5,9,12-13,18,25H,3,6-8,10-11H2,1-2H3,(H,26,27)/t12?,13?,18?,22-/m0/s1. The number of carbonyl (C=O) groups is 2. The van der Waals surface area contributed by atoms with E-state index in [1.54, 1.807) is 12.1 Å². The zero-order valence-electron chi connectivity index (χ0n) is 16.7. The van der Waals surface area contributed by atoms with Crippen molar-refractivity contribution in [2.45, 2.75) is 44.1 Å². The van der Waals surface area contributed by atoms with Crippen LogP contribution in [0.2, 0.25) is 0 Å². The molecule has 4 heterocycles. The largest absolute Gasteiger partial charge is 0.508 e. The van der Waals surface area contributed by atoms with Crippen LogP contribution in [-0.4, -0.2) is 58.0 Å². The van der Waals surface area contributed by atoms with Crippen molar-refractivity contribution in [3.63, 3.8) is 0 Å². The first-order chi connectivity index (χ1) is 13.9. The van der Waals surface area contributed by atoms with E-state index in [9.17, 15) is 19.8 Å². The van der Waals surface area contributed by atoms with Gasteiger partial charge in [0.1, 0.15) is 11.2 Å². The molecule has 1 saturated carbocycles. The van der Waals surface area contributed by atoms with Gasteiger partial charge < -0.3 is 14.9 Å². The number of nitrogens with zero attached hydrogens (tertiary/aromatic N) is 2. The van der Waals surface area contributed by atoms with E-state index in [1.807, 2.05) is 0 Å². The van der Waals surface area contributed by atoms with Crippen molar-refractivity contribution in [2.75, 3.05) is 20.2 Å². The highest BCUT2D eigenvalue weighted by atomic mass is 16.5. The van der Waals surface area contributed by atoms with Gasteiger partial charge in [-0.2, -0.15) is 0 Å². The van der Waals surface area contributed by atoms with E-state index in [0.29, 0.717) is 30.0 Å². The first kappa shape index (κ1) is 18.5. The minimum Gasteiger partial charge on any atom is -0.508 e. The lowest BCUT2D eigenvalue weighted by molar-refractivity contribution is -0.158. The Morgan fingerprint density at radius 3 is 2.83 bits per heavy atom. The van der Waals surface area contributed by atoms with Crippen LogP contribution in [0.25, 0.3) is 10.9 Å². The zero-order chi connectivity index (χ0) is 20.5.